The molecule has 0 saturated carbocycles. The lowest BCUT2D eigenvalue weighted by Gasteiger charge is -2.31. The van der Waals surface area contributed by atoms with Crippen LogP contribution in [-0.4, -0.2) is 67.6 Å². The maximum Gasteiger partial charge on any atom is 0.221 e. The van der Waals surface area contributed by atoms with Crippen LogP contribution in [0.1, 0.15) is 44.2 Å². The lowest BCUT2D eigenvalue weighted by molar-refractivity contribution is -0.123. The van der Waals surface area contributed by atoms with E-state index in [0.717, 1.165) is 77.7 Å². The molecule has 2 fully saturated rings. The van der Waals surface area contributed by atoms with Gasteiger partial charge in [0.05, 0.1) is 19.1 Å². The van der Waals surface area contributed by atoms with Gasteiger partial charge in [-0.25, -0.2) is 4.99 Å². The van der Waals surface area contributed by atoms with Gasteiger partial charge in [0, 0.05) is 45.2 Å². The van der Waals surface area contributed by atoms with Crippen LogP contribution in [0.5, 0.6) is 0 Å². The number of benzene rings is 1. The SMILES string of the molecule is CCNC(=NCc1cccc(CN2CCCC(C(N)=O)C2)c1)N1CCC(COCC)C1. The van der Waals surface area contributed by atoms with Crippen molar-refractivity contribution in [3.8, 4) is 0 Å². The molecule has 2 aliphatic heterocycles. The van der Waals surface area contributed by atoms with E-state index in [0.29, 0.717) is 12.5 Å². The molecule has 0 aliphatic carbocycles. The van der Waals surface area contributed by atoms with Crippen LogP contribution < -0.4 is 11.1 Å². The summed E-state index contributed by atoms with van der Waals surface area (Å²) in [5.41, 5.74) is 8.00. The van der Waals surface area contributed by atoms with Gasteiger partial charge in [-0.2, -0.15) is 0 Å². The number of nitrogens with one attached hydrogen (secondary N) is 1. The summed E-state index contributed by atoms with van der Waals surface area (Å²) >= 11 is 0. The molecule has 0 spiro atoms. The Labute approximate surface area is 187 Å². The molecule has 2 heterocycles. The van der Waals surface area contributed by atoms with Gasteiger partial charge in [0.25, 0.3) is 0 Å². The second-order valence-corrected chi connectivity index (χ2v) is 8.73. The van der Waals surface area contributed by atoms with Gasteiger partial charge in [0.1, 0.15) is 0 Å². The van der Waals surface area contributed by atoms with E-state index in [1.54, 1.807) is 0 Å². The Bertz CT molecular complexity index is 738. The van der Waals surface area contributed by atoms with E-state index in [2.05, 4.69) is 46.3 Å². The van der Waals surface area contributed by atoms with E-state index in [9.17, 15) is 4.79 Å². The first-order valence-electron chi connectivity index (χ1n) is 11.8. The van der Waals surface area contributed by atoms with Gasteiger partial charge >= 0.3 is 0 Å². The smallest absolute Gasteiger partial charge is 0.221 e. The van der Waals surface area contributed by atoms with Crippen molar-refractivity contribution in [3.63, 3.8) is 0 Å². The van der Waals surface area contributed by atoms with Crippen LogP contribution in [0.4, 0.5) is 0 Å². The van der Waals surface area contributed by atoms with Crippen molar-refractivity contribution < 1.29 is 9.53 Å². The standard InChI is InChI=1S/C24H39N5O2/c1-3-26-24(29-12-10-21(16-29)18-31-4-2)27-14-19-7-5-8-20(13-19)15-28-11-6-9-22(17-28)23(25)30/h5,7-8,13,21-22H,3-4,6,9-12,14-18H2,1-2H3,(H2,25,30)(H,26,27). The van der Waals surface area contributed by atoms with Crippen LogP contribution in [0.3, 0.4) is 0 Å². The molecule has 0 bridgehead atoms. The predicted molar refractivity (Wildman–Crippen MR) is 125 cm³/mol. The zero-order valence-corrected chi connectivity index (χ0v) is 19.2. The van der Waals surface area contributed by atoms with Crippen molar-refractivity contribution in [2.24, 2.45) is 22.6 Å². The topological polar surface area (TPSA) is 83.2 Å². The molecular formula is C24H39N5O2. The van der Waals surface area contributed by atoms with Crippen LogP contribution >= 0.6 is 0 Å². The number of guanidine groups is 1. The number of hydrogen-bond acceptors (Lipinski definition) is 4. The molecule has 3 rings (SSSR count). The van der Waals surface area contributed by atoms with Crippen LogP contribution in [0, 0.1) is 11.8 Å². The minimum absolute atomic E-state index is 0.0174. The lowest BCUT2D eigenvalue weighted by Crippen LogP contribution is -2.40. The lowest BCUT2D eigenvalue weighted by atomic mass is 9.97. The normalized spacial score (nSPS) is 22.6. The second kappa shape index (κ2) is 12.1. The minimum atomic E-state index is -0.172. The molecular weight excluding hydrogens is 390 g/mol. The Morgan fingerprint density at radius 1 is 1.23 bits per heavy atom. The molecule has 2 saturated heterocycles. The zero-order valence-electron chi connectivity index (χ0n) is 19.2. The van der Waals surface area contributed by atoms with Gasteiger partial charge in [-0.1, -0.05) is 24.3 Å². The Kier molecular flexibility index (Phi) is 9.15. The molecule has 7 nitrogen and oxygen atoms in total. The molecule has 2 atom stereocenters. The number of nitrogens with zero attached hydrogens (tertiary/aromatic N) is 3. The zero-order chi connectivity index (χ0) is 22.1. The molecule has 2 aliphatic rings. The van der Waals surface area contributed by atoms with Crippen molar-refractivity contribution in [1.82, 2.24) is 15.1 Å². The maximum atomic E-state index is 11.6. The largest absolute Gasteiger partial charge is 0.381 e. The summed E-state index contributed by atoms with van der Waals surface area (Å²) in [6, 6.07) is 8.64. The summed E-state index contributed by atoms with van der Waals surface area (Å²) in [4.78, 5) is 21.2. The third-order valence-corrected chi connectivity index (χ3v) is 6.19. The van der Waals surface area contributed by atoms with E-state index >= 15 is 0 Å². The Balaban J connectivity index is 1.58. The quantitative estimate of drug-likeness (QED) is 0.465. The molecule has 1 amide bonds. The summed E-state index contributed by atoms with van der Waals surface area (Å²) in [7, 11) is 0. The number of ether oxygens (including phenoxy) is 1. The van der Waals surface area contributed by atoms with E-state index in [-0.39, 0.29) is 11.8 Å². The Morgan fingerprint density at radius 2 is 2.06 bits per heavy atom. The third-order valence-electron chi connectivity index (χ3n) is 6.19. The first-order chi connectivity index (χ1) is 15.1. The van der Waals surface area contributed by atoms with Crippen molar-refractivity contribution in [2.75, 3.05) is 45.9 Å². The highest BCUT2D eigenvalue weighted by Crippen LogP contribution is 2.20. The molecule has 3 N–H and O–H groups in total. The second-order valence-electron chi connectivity index (χ2n) is 8.73. The summed E-state index contributed by atoms with van der Waals surface area (Å²) in [6.07, 6.45) is 3.10. The van der Waals surface area contributed by atoms with Gasteiger partial charge < -0.3 is 20.7 Å². The maximum absolute atomic E-state index is 11.6. The average Bonchev–Trinajstić information content (AvgIpc) is 3.24. The summed E-state index contributed by atoms with van der Waals surface area (Å²) in [6.45, 7) is 12.0. The number of carbonyl (C=O) groups is 1. The van der Waals surface area contributed by atoms with Gasteiger partial charge in [0.2, 0.25) is 5.91 Å². The van der Waals surface area contributed by atoms with Crippen LogP contribution in [0.15, 0.2) is 29.3 Å². The molecule has 31 heavy (non-hydrogen) atoms. The van der Waals surface area contributed by atoms with Crippen molar-refractivity contribution in [1.29, 1.82) is 0 Å². The van der Waals surface area contributed by atoms with Gasteiger partial charge in [0.15, 0.2) is 5.96 Å². The van der Waals surface area contributed by atoms with E-state index in [1.165, 1.54) is 11.1 Å². The number of likely N-dealkylation sites (tertiary alicyclic amines) is 2. The van der Waals surface area contributed by atoms with E-state index in [4.69, 9.17) is 15.5 Å². The molecule has 172 valence electrons. The molecule has 7 heteroatoms. The number of rotatable bonds is 9. The fraction of sp³-hybridized carbons (Fsp3) is 0.667. The predicted octanol–water partition coefficient (Wildman–Crippen LogP) is 2.21. The van der Waals surface area contributed by atoms with Gasteiger partial charge in [-0.05, 0) is 50.8 Å². The number of carbonyl (C=O) groups excluding carboxylic acids is 1. The molecule has 1 aromatic rings. The molecule has 1 aromatic carbocycles. The monoisotopic (exact) mass is 429 g/mol. The molecule has 0 radical (unpaired) electrons. The number of primary amides is 1. The number of piperidine rings is 1. The van der Waals surface area contributed by atoms with Gasteiger partial charge in [-0.3, -0.25) is 9.69 Å². The van der Waals surface area contributed by atoms with Gasteiger partial charge in [-0.15, -0.1) is 0 Å². The number of amides is 1. The fourth-order valence-electron chi connectivity index (χ4n) is 4.55. The molecule has 0 aromatic heterocycles. The first kappa shape index (κ1) is 23.5. The van der Waals surface area contributed by atoms with Crippen LogP contribution in [0.2, 0.25) is 0 Å². The van der Waals surface area contributed by atoms with E-state index < -0.39 is 0 Å². The average molecular weight is 430 g/mol. The Morgan fingerprint density at radius 3 is 2.84 bits per heavy atom. The molecule has 2 unspecified atom stereocenters. The van der Waals surface area contributed by atoms with Crippen molar-refractivity contribution in [2.45, 2.75) is 46.2 Å². The fourth-order valence-corrected chi connectivity index (χ4v) is 4.55. The highest BCUT2D eigenvalue weighted by molar-refractivity contribution is 5.80. The Hall–Kier alpha value is -2.12. The summed E-state index contributed by atoms with van der Waals surface area (Å²) in [5, 5.41) is 3.45. The third kappa shape index (κ3) is 7.21. The summed E-state index contributed by atoms with van der Waals surface area (Å²) in [5.74, 6) is 1.39. The summed E-state index contributed by atoms with van der Waals surface area (Å²) < 4.78 is 5.61. The van der Waals surface area contributed by atoms with Crippen molar-refractivity contribution in [3.05, 3.63) is 35.4 Å². The number of hydrogen-bond donors (Lipinski definition) is 2. The van der Waals surface area contributed by atoms with Crippen LogP contribution in [0.25, 0.3) is 0 Å². The van der Waals surface area contributed by atoms with Crippen LogP contribution in [-0.2, 0) is 22.6 Å². The number of nitrogens with two attached hydrogens (primary N) is 1. The van der Waals surface area contributed by atoms with Crippen molar-refractivity contribution >= 4 is 11.9 Å². The van der Waals surface area contributed by atoms with E-state index in [1.807, 2.05) is 6.92 Å². The highest BCUT2D eigenvalue weighted by atomic mass is 16.5. The highest BCUT2D eigenvalue weighted by Gasteiger charge is 2.25. The first-order valence-corrected chi connectivity index (χ1v) is 11.8. The number of aliphatic imine (C=N–C) groups is 1. The minimum Gasteiger partial charge on any atom is -0.381 e.